The number of hydrogen-bond donors (Lipinski definition) is 3. The molecule has 4 N–H and O–H groups in total. The number of nitrogens with zero attached hydrogens (tertiary/aromatic N) is 6. The molecule has 202 valence electrons. The molecular weight excluding hydrogens is 585 g/mol. The maximum Gasteiger partial charge on any atom is 0.353 e. The van der Waals surface area contributed by atoms with Crippen molar-refractivity contribution in [1.29, 1.82) is 0 Å². The zero-order valence-corrected chi connectivity index (χ0v) is 23.7. The van der Waals surface area contributed by atoms with Gasteiger partial charge in [-0.15, -0.1) is 23.1 Å². The summed E-state index contributed by atoms with van der Waals surface area (Å²) < 4.78 is 6.57. The van der Waals surface area contributed by atoms with Crippen LogP contribution in [0.1, 0.15) is 12.7 Å². The van der Waals surface area contributed by atoms with Crippen LogP contribution in [-0.2, 0) is 26.3 Å². The van der Waals surface area contributed by atoms with Gasteiger partial charge in [-0.25, -0.2) is 14.3 Å². The SMILES string of the molecule is CCON=C(C(=O)NC1C(=O)N2C(C(=O)O)=C(Sc3nc(-c4cc[n+](C)cc4)cs3)CSC12)c1nsc(N)n1. The Kier molecular flexibility index (Phi) is 7.83. The van der Waals surface area contributed by atoms with Crippen LogP contribution in [0.15, 0.2) is 50.0 Å². The largest absolute Gasteiger partial charge is 0.477 e. The number of carboxylic acid groups (broad SMARTS) is 1. The molecular formula is C22H21N8O5S4+. The summed E-state index contributed by atoms with van der Waals surface area (Å²) in [5.74, 6) is -2.21. The van der Waals surface area contributed by atoms with Gasteiger partial charge < -0.3 is 21.0 Å². The Morgan fingerprint density at radius 2 is 2.13 bits per heavy atom. The van der Waals surface area contributed by atoms with E-state index in [4.69, 9.17) is 10.6 Å². The second-order valence-electron chi connectivity index (χ2n) is 8.10. The van der Waals surface area contributed by atoms with Crippen molar-refractivity contribution in [2.45, 2.75) is 22.7 Å². The zero-order chi connectivity index (χ0) is 27.7. The van der Waals surface area contributed by atoms with Gasteiger partial charge >= 0.3 is 5.97 Å². The number of oxime groups is 1. The predicted molar refractivity (Wildman–Crippen MR) is 147 cm³/mol. The number of carboxylic acids is 1. The molecule has 5 rings (SSSR count). The summed E-state index contributed by atoms with van der Waals surface area (Å²) in [6.45, 7) is 1.89. The molecule has 0 radical (unpaired) electrons. The molecule has 1 fully saturated rings. The van der Waals surface area contributed by atoms with Gasteiger partial charge in [-0.05, 0) is 6.92 Å². The second-order valence-corrected chi connectivity index (χ2v) is 12.2. The maximum absolute atomic E-state index is 13.1. The average Bonchev–Trinajstić information content (AvgIpc) is 3.56. The lowest BCUT2D eigenvalue weighted by molar-refractivity contribution is -0.671. The van der Waals surface area contributed by atoms with Crippen LogP contribution in [0.25, 0.3) is 11.3 Å². The molecule has 2 atom stereocenters. The number of nitrogens with two attached hydrogens (primary N) is 1. The lowest BCUT2D eigenvalue weighted by atomic mass is 10.0. The first kappa shape index (κ1) is 27.0. The molecule has 3 aromatic rings. The van der Waals surface area contributed by atoms with E-state index in [-0.39, 0.29) is 29.0 Å². The Labute approximate surface area is 238 Å². The highest BCUT2D eigenvalue weighted by molar-refractivity contribution is 8.07. The number of anilines is 1. The Hall–Kier alpha value is -3.54. The van der Waals surface area contributed by atoms with Gasteiger partial charge in [-0.3, -0.25) is 14.5 Å². The monoisotopic (exact) mass is 605 g/mol. The number of nitrogens with one attached hydrogen (secondary N) is 1. The topological polar surface area (TPSA) is 177 Å². The minimum absolute atomic E-state index is 0.0274. The smallest absolute Gasteiger partial charge is 0.353 e. The van der Waals surface area contributed by atoms with Crippen LogP contribution in [0.4, 0.5) is 5.13 Å². The fourth-order valence-electron chi connectivity index (χ4n) is 3.74. The molecule has 13 nitrogen and oxygen atoms in total. The van der Waals surface area contributed by atoms with E-state index in [9.17, 15) is 19.5 Å². The first-order chi connectivity index (χ1) is 18.8. The summed E-state index contributed by atoms with van der Waals surface area (Å²) in [4.78, 5) is 53.7. The van der Waals surface area contributed by atoms with E-state index in [1.54, 1.807) is 6.92 Å². The van der Waals surface area contributed by atoms with Gasteiger partial charge in [0.25, 0.3) is 11.8 Å². The highest BCUT2D eigenvalue weighted by Crippen LogP contribution is 2.46. The Bertz CT molecular complexity index is 1500. The van der Waals surface area contributed by atoms with E-state index in [1.807, 2.05) is 41.5 Å². The third-order valence-corrected chi connectivity index (χ3v) is 9.57. The number of thiazole rings is 1. The van der Waals surface area contributed by atoms with Crippen LogP contribution < -0.4 is 15.6 Å². The molecule has 0 bridgehead atoms. The first-order valence-electron chi connectivity index (χ1n) is 11.4. The highest BCUT2D eigenvalue weighted by atomic mass is 32.2. The van der Waals surface area contributed by atoms with Crippen LogP contribution in [0.5, 0.6) is 0 Å². The first-order valence-corrected chi connectivity index (χ1v) is 14.9. The third kappa shape index (κ3) is 5.47. The van der Waals surface area contributed by atoms with Gasteiger partial charge in [0, 0.05) is 45.3 Å². The summed E-state index contributed by atoms with van der Waals surface area (Å²) in [5.41, 5.74) is 7.02. The standard InChI is InChI=1S/C22H20N8O5S4/c1-3-35-27-13(16-26-21(23)39-28-16)17(31)25-14-18(32)30-15(20(33)34)12(9-36-19(14)30)38-22-24-11(8-37-22)10-4-6-29(2)7-5-10/h4-8,14,19H,3,9H2,1-2H3,(H3-,23,25,26,28,31,33,34)/p+1. The average molecular weight is 606 g/mol. The molecule has 0 saturated carbocycles. The molecule has 17 heteroatoms. The number of hydrogen-bond acceptors (Lipinski definition) is 13. The van der Waals surface area contributed by atoms with E-state index in [0.29, 0.717) is 15.0 Å². The van der Waals surface area contributed by atoms with Crippen LogP contribution in [-0.4, -0.2) is 71.6 Å². The van der Waals surface area contributed by atoms with E-state index >= 15 is 0 Å². The molecule has 0 spiro atoms. The fourth-order valence-corrected chi connectivity index (χ4v) is 7.63. The minimum Gasteiger partial charge on any atom is -0.477 e. The summed E-state index contributed by atoms with van der Waals surface area (Å²) in [6, 6.07) is 2.94. The van der Waals surface area contributed by atoms with Gasteiger partial charge in [0.2, 0.25) is 11.5 Å². The van der Waals surface area contributed by atoms with Crippen molar-refractivity contribution in [3.8, 4) is 11.3 Å². The van der Waals surface area contributed by atoms with Gasteiger partial charge in [-0.1, -0.05) is 16.9 Å². The van der Waals surface area contributed by atoms with Crippen molar-refractivity contribution in [3.63, 3.8) is 0 Å². The van der Waals surface area contributed by atoms with E-state index < -0.39 is 29.2 Å². The minimum atomic E-state index is -1.23. The third-order valence-electron chi connectivity index (χ3n) is 5.54. The van der Waals surface area contributed by atoms with Gasteiger partial charge in [0.15, 0.2) is 21.9 Å². The van der Waals surface area contributed by atoms with Crippen molar-refractivity contribution >= 4 is 75.0 Å². The highest BCUT2D eigenvalue weighted by Gasteiger charge is 2.54. The molecule has 0 aromatic carbocycles. The Balaban J connectivity index is 1.32. The summed E-state index contributed by atoms with van der Waals surface area (Å²) in [7, 11) is 1.93. The van der Waals surface area contributed by atoms with Crippen LogP contribution in [0.3, 0.4) is 0 Å². The van der Waals surface area contributed by atoms with Crippen molar-refractivity contribution in [3.05, 3.63) is 46.3 Å². The number of nitrogen functional groups attached to an aromatic ring is 1. The molecule has 3 aromatic heterocycles. The summed E-state index contributed by atoms with van der Waals surface area (Å²) in [6.07, 6.45) is 3.84. The summed E-state index contributed by atoms with van der Waals surface area (Å²) >= 11 is 4.86. The number of pyridine rings is 1. The number of carbonyl (C=O) groups is 3. The van der Waals surface area contributed by atoms with Crippen molar-refractivity contribution in [2.75, 3.05) is 18.1 Å². The molecule has 0 aliphatic carbocycles. The van der Waals surface area contributed by atoms with Gasteiger partial charge in [0.1, 0.15) is 30.8 Å². The number of thioether (sulfide) groups is 2. The van der Waals surface area contributed by atoms with Gasteiger partial charge in [0.05, 0.1) is 5.69 Å². The number of amides is 2. The molecule has 2 unspecified atom stereocenters. The van der Waals surface area contributed by atoms with Crippen molar-refractivity contribution in [1.82, 2.24) is 24.6 Å². The maximum atomic E-state index is 13.1. The van der Waals surface area contributed by atoms with Crippen LogP contribution in [0, 0.1) is 0 Å². The zero-order valence-electron chi connectivity index (χ0n) is 20.4. The number of aromatic nitrogens is 4. The van der Waals surface area contributed by atoms with Crippen LogP contribution in [0.2, 0.25) is 0 Å². The number of aliphatic carboxylic acids is 1. The van der Waals surface area contributed by atoms with E-state index in [1.165, 1.54) is 39.8 Å². The predicted octanol–water partition coefficient (Wildman–Crippen LogP) is 1.30. The fraction of sp³-hybridized carbons (Fsp3) is 0.273. The quantitative estimate of drug-likeness (QED) is 0.139. The second kappa shape index (κ2) is 11.3. The van der Waals surface area contributed by atoms with E-state index in [2.05, 4.69) is 24.8 Å². The number of carbonyl (C=O) groups excluding carboxylic acids is 2. The molecule has 1 saturated heterocycles. The lowest BCUT2D eigenvalue weighted by Gasteiger charge is -2.49. The number of aryl methyl sites for hydroxylation is 1. The number of β-lactam (4-membered cyclic amide) rings is 1. The van der Waals surface area contributed by atoms with E-state index in [0.717, 1.165) is 22.8 Å². The van der Waals surface area contributed by atoms with Crippen LogP contribution >= 0.6 is 46.4 Å². The normalized spacial score (nSPS) is 19.0. The molecule has 5 heterocycles. The van der Waals surface area contributed by atoms with Crippen molar-refractivity contribution in [2.24, 2.45) is 12.2 Å². The Morgan fingerprint density at radius 1 is 1.36 bits per heavy atom. The van der Waals surface area contributed by atoms with Gasteiger partial charge in [-0.2, -0.15) is 9.36 Å². The molecule has 2 amide bonds. The number of fused-ring (bicyclic) bond motifs is 1. The molecule has 2 aliphatic rings. The molecule has 39 heavy (non-hydrogen) atoms. The molecule has 2 aliphatic heterocycles. The Morgan fingerprint density at radius 3 is 2.79 bits per heavy atom. The van der Waals surface area contributed by atoms with Crippen molar-refractivity contribution < 1.29 is 28.9 Å². The number of rotatable bonds is 9. The summed E-state index contributed by atoms with van der Waals surface area (Å²) in [5, 5.41) is 17.8. The lowest BCUT2D eigenvalue weighted by Crippen LogP contribution is -2.71.